The number of carbonyl (C=O) groups is 2. The summed E-state index contributed by atoms with van der Waals surface area (Å²) in [6.07, 6.45) is 5.76. The lowest BCUT2D eigenvalue weighted by Gasteiger charge is -2.20. The van der Waals surface area contributed by atoms with Gasteiger partial charge in [0.1, 0.15) is 18.2 Å². The van der Waals surface area contributed by atoms with Crippen LogP contribution in [-0.2, 0) is 11.3 Å². The van der Waals surface area contributed by atoms with E-state index in [0.717, 1.165) is 13.0 Å². The molecule has 2 aromatic rings. The van der Waals surface area contributed by atoms with Crippen molar-refractivity contribution in [2.24, 2.45) is 0 Å². The normalized spacial score (nSPS) is 11.5. The highest BCUT2D eigenvalue weighted by Crippen LogP contribution is 2.08. The molecule has 10 nitrogen and oxygen atoms in total. The number of hydrogen-bond acceptors (Lipinski definition) is 6. The first-order chi connectivity index (χ1) is 13.3. The molecule has 0 aromatic carbocycles. The summed E-state index contributed by atoms with van der Waals surface area (Å²) in [7, 11) is 3.91. The van der Waals surface area contributed by atoms with Crippen LogP contribution in [0.25, 0.3) is 0 Å². The number of carbonyl (C=O) groups excluding carboxylic acids is 1. The van der Waals surface area contributed by atoms with E-state index in [9.17, 15) is 9.59 Å². The van der Waals surface area contributed by atoms with Crippen LogP contribution < -0.4 is 10.9 Å². The van der Waals surface area contributed by atoms with Gasteiger partial charge >= 0.3 is 0 Å². The molecule has 0 saturated heterocycles. The summed E-state index contributed by atoms with van der Waals surface area (Å²) in [5.41, 5.74) is 0.665. The van der Waals surface area contributed by atoms with E-state index in [-0.39, 0.29) is 29.5 Å². The molecule has 2 aromatic heterocycles. The molecule has 10 heteroatoms. The Morgan fingerprint density at radius 2 is 1.96 bits per heavy atom. The maximum Gasteiger partial charge on any atom is 0.290 e. The van der Waals surface area contributed by atoms with Gasteiger partial charge in [0.25, 0.3) is 17.9 Å². The number of aromatic nitrogens is 4. The van der Waals surface area contributed by atoms with Crippen LogP contribution in [0.3, 0.4) is 0 Å². The first-order valence-electron chi connectivity index (χ1n) is 8.86. The van der Waals surface area contributed by atoms with Gasteiger partial charge in [0.05, 0.1) is 0 Å². The van der Waals surface area contributed by atoms with Crippen molar-refractivity contribution in [2.45, 2.75) is 32.9 Å². The first kappa shape index (κ1) is 23.0. The van der Waals surface area contributed by atoms with Crippen molar-refractivity contribution in [1.29, 1.82) is 0 Å². The van der Waals surface area contributed by atoms with E-state index in [4.69, 9.17) is 9.90 Å². The quantitative estimate of drug-likeness (QED) is 0.492. The summed E-state index contributed by atoms with van der Waals surface area (Å²) in [4.78, 5) is 35.6. The van der Waals surface area contributed by atoms with Gasteiger partial charge in [-0.05, 0) is 46.0 Å². The average molecular weight is 392 g/mol. The van der Waals surface area contributed by atoms with E-state index < -0.39 is 0 Å². The Morgan fingerprint density at radius 3 is 2.54 bits per heavy atom. The van der Waals surface area contributed by atoms with Crippen molar-refractivity contribution >= 4 is 12.4 Å². The van der Waals surface area contributed by atoms with Crippen molar-refractivity contribution < 1.29 is 14.7 Å². The third-order valence-corrected chi connectivity index (χ3v) is 4.00. The number of amides is 1. The number of rotatable bonds is 8. The minimum atomic E-state index is -0.322. The monoisotopic (exact) mass is 392 g/mol. The lowest BCUT2D eigenvalue weighted by atomic mass is 10.1. The van der Waals surface area contributed by atoms with Gasteiger partial charge in [-0.3, -0.25) is 14.4 Å². The second-order valence-electron chi connectivity index (χ2n) is 6.61. The van der Waals surface area contributed by atoms with Gasteiger partial charge in [0, 0.05) is 31.9 Å². The Balaban J connectivity index is 0.00000122. The topological polar surface area (TPSA) is 122 Å². The third-order valence-electron chi connectivity index (χ3n) is 4.00. The van der Waals surface area contributed by atoms with Gasteiger partial charge in [0.2, 0.25) is 0 Å². The van der Waals surface area contributed by atoms with Gasteiger partial charge in [-0.1, -0.05) is 0 Å². The molecule has 0 fully saturated rings. The van der Waals surface area contributed by atoms with Gasteiger partial charge in [0.15, 0.2) is 0 Å². The molecule has 2 heterocycles. The number of pyridine rings is 1. The lowest BCUT2D eigenvalue weighted by molar-refractivity contribution is -0.122. The molecule has 2 rings (SSSR count). The van der Waals surface area contributed by atoms with Crippen molar-refractivity contribution in [3.8, 4) is 0 Å². The first-order valence-corrected chi connectivity index (χ1v) is 8.86. The molecular weight excluding hydrogens is 364 g/mol. The van der Waals surface area contributed by atoms with E-state index in [2.05, 4.69) is 15.5 Å². The summed E-state index contributed by atoms with van der Waals surface area (Å²) in [6.45, 7) is 5.43. The summed E-state index contributed by atoms with van der Waals surface area (Å²) >= 11 is 0. The number of likely N-dealkylation sites (N-methyl/N-ethyl adjacent to an activating group) is 1. The molecule has 0 spiro atoms. The summed E-state index contributed by atoms with van der Waals surface area (Å²) in [6, 6.07) is 1.81. The number of carboxylic acid groups (broad SMARTS) is 1. The van der Waals surface area contributed by atoms with E-state index in [0.29, 0.717) is 18.7 Å². The van der Waals surface area contributed by atoms with E-state index in [1.54, 1.807) is 30.3 Å². The number of nitrogens with zero attached hydrogens (tertiary/aromatic N) is 5. The van der Waals surface area contributed by atoms with Crippen LogP contribution in [0.15, 0.2) is 29.7 Å². The third kappa shape index (κ3) is 6.95. The Bertz CT molecular complexity index is 801. The van der Waals surface area contributed by atoms with E-state index in [1.807, 2.05) is 36.6 Å². The smallest absolute Gasteiger partial charge is 0.290 e. The highest BCUT2D eigenvalue weighted by molar-refractivity contribution is 5.95. The van der Waals surface area contributed by atoms with Crippen molar-refractivity contribution in [2.75, 3.05) is 27.2 Å². The number of hydrogen-bond donors (Lipinski definition) is 2. The fraction of sp³-hybridized carbons (Fsp3) is 0.500. The summed E-state index contributed by atoms with van der Waals surface area (Å²) in [5.74, 6) is -0.322. The Morgan fingerprint density at radius 1 is 1.36 bits per heavy atom. The Kier molecular flexibility index (Phi) is 9.58. The highest BCUT2D eigenvalue weighted by Gasteiger charge is 2.18. The molecule has 1 amide bonds. The SMILES string of the molecule is Cc1ccn(C(C)CN(C)C)c(=O)c1C(=O)NCCCn1cnnc1.O=CO. The molecule has 0 bridgehead atoms. The molecule has 0 saturated carbocycles. The molecule has 0 radical (unpaired) electrons. The molecule has 1 atom stereocenters. The fourth-order valence-electron chi connectivity index (χ4n) is 2.77. The van der Waals surface area contributed by atoms with Crippen molar-refractivity contribution in [1.82, 2.24) is 29.5 Å². The standard InChI is InChI=1S/C17H26N6O2.CH2O2/c1-13-6-9-23(14(2)10-21(3)4)17(25)15(13)16(24)18-7-5-8-22-11-19-20-12-22;2-1-3/h6,9,11-12,14H,5,7-8,10H2,1-4H3,(H,18,24);1H,(H,2,3). The zero-order valence-electron chi connectivity index (χ0n) is 16.7. The van der Waals surface area contributed by atoms with Gasteiger partial charge in [-0.25, -0.2) is 0 Å². The van der Waals surface area contributed by atoms with Crippen LogP contribution in [0.5, 0.6) is 0 Å². The van der Waals surface area contributed by atoms with E-state index in [1.165, 1.54) is 0 Å². The van der Waals surface area contributed by atoms with Crippen LogP contribution in [0.2, 0.25) is 0 Å². The average Bonchev–Trinajstić information content (AvgIpc) is 3.12. The molecule has 0 aliphatic carbocycles. The van der Waals surface area contributed by atoms with Gasteiger partial charge in [-0.15, -0.1) is 10.2 Å². The van der Waals surface area contributed by atoms with Crippen LogP contribution in [0.1, 0.15) is 35.3 Å². The van der Waals surface area contributed by atoms with E-state index >= 15 is 0 Å². The predicted octanol–water partition coefficient (Wildman–Crippen LogP) is 0.392. The maximum atomic E-state index is 12.7. The minimum absolute atomic E-state index is 0.0107. The molecular formula is C18H28N6O4. The van der Waals surface area contributed by atoms with Gasteiger partial charge in [-0.2, -0.15) is 0 Å². The predicted molar refractivity (Wildman–Crippen MR) is 104 cm³/mol. The maximum absolute atomic E-state index is 12.7. The van der Waals surface area contributed by atoms with Crippen LogP contribution in [0.4, 0.5) is 0 Å². The van der Waals surface area contributed by atoms with Crippen LogP contribution in [0, 0.1) is 6.92 Å². The second kappa shape index (κ2) is 11.7. The summed E-state index contributed by atoms with van der Waals surface area (Å²) < 4.78 is 3.47. The van der Waals surface area contributed by atoms with Crippen LogP contribution >= 0.6 is 0 Å². The zero-order chi connectivity index (χ0) is 21.1. The van der Waals surface area contributed by atoms with Crippen molar-refractivity contribution in [3.63, 3.8) is 0 Å². The Labute approximate surface area is 163 Å². The largest absolute Gasteiger partial charge is 0.483 e. The Hall–Kier alpha value is -3.01. The molecule has 0 aliphatic heterocycles. The number of aryl methyl sites for hydroxylation is 2. The lowest BCUT2D eigenvalue weighted by Crippen LogP contribution is -2.37. The molecule has 0 aliphatic rings. The van der Waals surface area contributed by atoms with Gasteiger partial charge < -0.3 is 24.5 Å². The molecule has 1 unspecified atom stereocenters. The minimum Gasteiger partial charge on any atom is -0.483 e. The second-order valence-corrected chi connectivity index (χ2v) is 6.61. The van der Waals surface area contributed by atoms with Crippen molar-refractivity contribution in [3.05, 3.63) is 46.4 Å². The van der Waals surface area contributed by atoms with Crippen LogP contribution in [-0.4, -0.2) is 68.9 Å². The fourth-order valence-corrected chi connectivity index (χ4v) is 2.77. The molecule has 28 heavy (non-hydrogen) atoms. The summed E-state index contributed by atoms with van der Waals surface area (Å²) in [5, 5.41) is 17.2. The molecule has 2 N–H and O–H groups in total. The zero-order valence-corrected chi connectivity index (χ0v) is 16.7. The number of nitrogens with one attached hydrogen (secondary N) is 1. The molecule has 154 valence electrons. The highest BCUT2D eigenvalue weighted by atomic mass is 16.3.